The summed E-state index contributed by atoms with van der Waals surface area (Å²) in [6, 6.07) is 16.3. The number of hydrogen-bond donors (Lipinski definition) is 1. The third kappa shape index (κ3) is 3.75. The highest BCUT2D eigenvalue weighted by Crippen LogP contribution is 2.28. The SMILES string of the molecule is CNCC(Cc1cccc(OC)c1)c1ccccc1Cl. The summed E-state index contributed by atoms with van der Waals surface area (Å²) in [5.74, 6) is 1.24. The van der Waals surface area contributed by atoms with Gasteiger partial charge in [0.25, 0.3) is 0 Å². The number of nitrogens with one attached hydrogen (secondary N) is 1. The Bertz CT molecular complexity index is 556. The number of ether oxygens (including phenoxy) is 1. The van der Waals surface area contributed by atoms with E-state index in [0.717, 1.165) is 23.7 Å². The van der Waals surface area contributed by atoms with Crippen LogP contribution in [0.25, 0.3) is 0 Å². The minimum atomic E-state index is 0.348. The Kier molecular flexibility index (Phi) is 5.45. The van der Waals surface area contributed by atoms with Crippen molar-refractivity contribution in [2.45, 2.75) is 12.3 Å². The zero-order valence-electron chi connectivity index (χ0n) is 11.9. The number of halogens is 1. The number of methoxy groups -OCH3 is 1. The van der Waals surface area contributed by atoms with Crippen LogP contribution in [0.15, 0.2) is 48.5 Å². The standard InChI is InChI=1S/C17H20ClNO/c1-19-12-14(16-8-3-4-9-17(16)18)10-13-6-5-7-15(11-13)20-2/h3-9,11,14,19H,10,12H2,1-2H3. The van der Waals surface area contributed by atoms with Crippen LogP contribution in [0, 0.1) is 0 Å². The zero-order valence-corrected chi connectivity index (χ0v) is 12.7. The van der Waals surface area contributed by atoms with Gasteiger partial charge in [0.15, 0.2) is 0 Å². The van der Waals surface area contributed by atoms with Crippen LogP contribution < -0.4 is 10.1 Å². The van der Waals surface area contributed by atoms with E-state index in [4.69, 9.17) is 16.3 Å². The van der Waals surface area contributed by atoms with Gasteiger partial charge in [-0.3, -0.25) is 0 Å². The molecule has 0 aliphatic heterocycles. The molecule has 1 N–H and O–H groups in total. The molecule has 0 bridgehead atoms. The van der Waals surface area contributed by atoms with Gasteiger partial charge in [-0.05, 0) is 42.8 Å². The lowest BCUT2D eigenvalue weighted by Crippen LogP contribution is -2.19. The van der Waals surface area contributed by atoms with E-state index in [2.05, 4.69) is 23.5 Å². The summed E-state index contributed by atoms with van der Waals surface area (Å²) >= 11 is 6.33. The second-order valence-electron chi connectivity index (χ2n) is 4.83. The van der Waals surface area contributed by atoms with Crippen molar-refractivity contribution >= 4 is 11.6 Å². The monoisotopic (exact) mass is 289 g/mol. The van der Waals surface area contributed by atoms with Gasteiger partial charge in [-0.15, -0.1) is 0 Å². The van der Waals surface area contributed by atoms with E-state index in [9.17, 15) is 0 Å². The van der Waals surface area contributed by atoms with Crippen LogP contribution in [0.3, 0.4) is 0 Å². The molecule has 0 spiro atoms. The first-order chi connectivity index (χ1) is 9.74. The second-order valence-corrected chi connectivity index (χ2v) is 5.24. The van der Waals surface area contributed by atoms with Gasteiger partial charge in [0.05, 0.1) is 7.11 Å². The molecule has 0 heterocycles. The highest BCUT2D eigenvalue weighted by molar-refractivity contribution is 6.31. The fourth-order valence-corrected chi connectivity index (χ4v) is 2.72. The molecule has 1 unspecified atom stereocenters. The van der Waals surface area contributed by atoms with Gasteiger partial charge in [-0.1, -0.05) is 41.9 Å². The summed E-state index contributed by atoms with van der Waals surface area (Å²) in [6.45, 7) is 0.890. The molecule has 20 heavy (non-hydrogen) atoms. The third-order valence-electron chi connectivity index (χ3n) is 3.41. The first-order valence-electron chi connectivity index (χ1n) is 6.76. The van der Waals surface area contributed by atoms with Crippen LogP contribution >= 0.6 is 11.6 Å². The Labute approximate surface area is 125 Å². The molecule has 3 heteroatoms. The van der Waals surface area contributed by atoms with Crippen LogP contribution in [-0.4, -0.2) is 20.7 Å². The fourth-order valence-electron chi connectivity index (χ4n) is 2.43. The van der Waals surface area contributed by atoms with Crippen LogP contribution in [0.5, 0.6) is 5.75 Å². The Hall–Kier alpha value is -1.51. The molecule has 2 aromatic rings. The average molecular weight is 290 g/mol. The second kappa shape index (κ2) is 7.32. The minimum absolute atomic E-state index is 0.348. The van der Waals surface area contributed by atoms with Crippen LogP contribution in [0.4, 0.5) is 0 Å². The molecule has 0 radical (unpaired) electrons. The van der Waals surface area contributed by atoms with Gasteiger partial charge in [0.1, 0.15) is 5.75 Å². The van der Waals surface area contributed by atoms with E-state index in [0.29, 0.717) is 5.92 Å². The lowest BCUT2D eigenvalue weighted by atomic mass is 9.91. The molecule has 2 nitrogen and oxygen atoms in total. The first kappa shape index (κ1) is 14.9. The summed E-state index contributed by atoms with van der Waals surface area (Å²) < 4.78 is 5.28. The highest BCUT2D eigenvalue weighted by Gasteiger charge is 2.14. The molecule has 0 saturated heterocycles. The zero-order chi connectivity index (χ0) is 14.4. The van der Waals surface area contributed by atoms with Gasteiger partial charge >= 0.3 is 0 Å². The first-order valence-corrected chi connectivity index (χ1v) is 7.14. The van der Waals surface area contributed by atoms with E-state index < -0.39 is 0 Å². The number of rotatable bonds is 6. The molecule has 0 aliphatic carbocycles. The fraction of sp³-hybridized carbons (Fsp3) is 0.294. The molecule has 0 fully saturated rings. The molecule has 0 amide bonds. The van der Waals surface area contributed by atoms with E-state index >= 15 is 0 Å². The largest absolute Gasteiger partial charge is 0.497 e. The number of likely N-dealkylation sites (N-methyl/N-ethyl adjacent to an activating group) is 1. The van der Waals surface area contributed by atoms with Crippen molar-refractivity contribution in [3.63, 3.8) is 0 Å². The summed E-state index contributed by atoms with van der Waals surface area (Å²) in [4.78, 5) is 0. The van der Waals surface area contributed by atoms with Crippen molar-refractivity contribution in [2.75, 3.05) is 20.7 Å². The summed E-state index contributed by atoms with van der Waals surface area (Å²) in [5.41, 5.74) is 2.44. The molecule has 2 rings (SSSR count). The van der Waals surface area contributed by atoms with E-state index in [1.807, 2.05) is 37.4 Å². The van der Waals surface area contributed by atoms with Gasteiger partial charge in [0.2, 0.25) is 0 Å². The van der Waals surface area contributed by atoms with Crippen molar-refractivity contribution in [1.82, 2.24) is 5.32 Å². The van der Waals surface area contributed by atoms with Crippen LogP contribution in [-0.2, 0) is 6.42 Å². The molecule has 0 saturated carbocycles. The molecular weight excluding hydrogens is 270 g/mol. The van der Waals surface area contributed by atoms with Crippen molar-refractivity contribution < 1.29 is 4.74 Å². The molecule has 106 valence electrons. The van der Waals surface area contributed by atoms with E-state index in [-0.39, 0.29) is 0 Å². The van der Waals surface area contributed by atoms with E-state index in [1.165, 1.54) is 11.1 Å². The van der Waals surface area contributed by atoms with Crippen molar-refractivity contribution in [2.24, 2.45) is 0 Å². The Morgan fingerprint density at radius 3 is 2.65 bits per heavy atom. The number of benzene rings is 2. The lowest BCUT2D eigenvalue weighted by molar-refractivity contribution is 0.414. The summed E-state index contributed by atoms with van der Waals surface area (Å²) in [7, 11) is 3.66. The lowest BCUT2D eigenvalue weighted by Gasteiger charge is -2.19. The third-order valence-corrected chi connectivity index (χ3v) is 3.76. The Morgan fingerprint density at radius 2 is 1.95 bits per heavy atom. The van der Waals surface area contributed by atoms with Crippen molar-refractivity contribution in [1.29, 1.82) is 0 Å². The molecule has 1 atom stereocenters. The maximum atomic E-state index is 6.33. The predicted molar refractivity (Wildman–Crippen MR) is 84.8 cm³/mol. The Balaban J connectivity index is 2.23. The molecule has 0 aliphatic rings. The number of hydrogen-bond acceptors (Lipinski definition) is 2. The van der Waals surface area contributed by atoms with Crippen molar-refractivity contribution in [3.05, 3.63) is 64.7 Å². The molecule has 2 aromatic carbocycles. The van der Waals surface area contributed by atoms with Crippen LogP contribution in [0.1, 0.15) is 17.0 Å². The highest BCUT2D eigenvalue weighted by atomic mass is 35.5. The van der Waals surface area contributed by atoms with Gasteiger partial charge in [-0.2, -0.15) is 0 Å². The quantitative estimate of drug-likeness (QED) is 0.871. The summed E-state index contributed by atoms with van der Waals surface area (Å²) in [5, 5.41) is 4.08. The topological polar surface area (TPSA) is 21.3 Å². The smallest absolute Gasteiger partial charge is 0.119 e. The minimum Gasteiger partial charge on any atom is -0.497 e. The average Bonchev–Trinajstić information content (AvgIpc) is 2.47. The van der Waals surface area contributed by atoms with Crippen molar-refractivity contribution in [3.8, 4) is 5.75 Å². The maximum Gasteiger partial charge on any atom is 0.119 e. The predicted octanol–water partition coefficient (Wildman–Crippen LogP) is 3.89. The summed E-state index contributed by atoms with van der Waals surface area (Å²) in [6.07, 6.45) is 0.932. The maximum absolute atomic E-state index is 6.33. The van der Waals surface area contributed by atoms with Crippen LogP contribution in [0.2, 0.25) is 5.02 Å². The van der Waals surface area contributed by atoms with E-state index in [1.54, 1.807) is 7.11 Å². The molecular formula is C17H20ClNO. The van der Waals surface area contributed by atoms with Gasteiger partial charge in [0, 0.05) is 17.5 Å². The molecule has 0 aromatic heterocycles. The normalized spacial score (nSPS) is 12.2. The van der Waals surface area contributed by atoms with Gasteiger partial charge < -0.3 is 10.1 Å². The van der Waals surface area contributed by atoms with Gasteiger partial charge in [-0.25, -0.2) is 0 Å². The Morgan fingerprint density at radius 1 is 1.15 bits per heavy atom.